The molecule has 7 aliphatic rings. The predicted molar refractivity (Wildman–Crippen MR) is 179 cm³/mol. The highest BCUT2D eigenvalue weighted by Gasteiger charge is 2.83. The second-order valence-corrected chi connectivity index (χ2v) is 19.0. The lowest BCUT2D eigenvalue weighted by Crippen LogP contribution is -2.77. The summed E-state index contributed by atoms with van der Waals surface area (Å²) in [5.74, 6) is -1.32. The molecule has 254 valence electrons. The van der Waals surface area contributed by atoms with Crippen molar-refractivity contribution in [2.24, 2.45) is 55.7 Å². The van der Waals surface area contributed by atoms with Crippen LogP contribution in [-0.4, -0.2) is 39.3 Å². The van der Waals surface area contributed by atoms with E-state index in [1.165, 1.54) is 37.7 Å². The lowest BCUT2D eigenvalue weighted by atomic mass is 9.22. The van der Waals surface area contributed by atoms with Gasteiger partial charge in [0.2, 0.25) is 0 Å². The first-order valence-electron chi connectivity index (χ1n) is 19.1. The monoisotopic (exact) mass is 632 g/mol. The molecular weight excluding hydrogens is 572 g/mol. The zero-order valence-electron chi connectivity index (χ0n) is 29.2. The van der Waals surface area contributed by atoms with Gasteiger partial charge in [0.05, 0.1) is 17.6 Å². The number of hydrogen-bond donors (Lipinski definition) is 3. The zero-order valence-corrected chi connectivity index (χ0v) is 29.2. The Bertz CT molecular complexity index is 1400. The van der Waals surface area contributed by atoms with Crippen LogP contribution in [-0.2, 0) is 16.0 Å². The highest BCUT2D eigenvalue weighted by molar-refractivity contribution is 5.74. The van der Waals surface area contributed by atoms with E-state index in [2.05, 4.69) is 58.0 Å². The number of carboxylic acid groups (broad SMARTS) is 1. The van der Waals surface area contributed by atoms with Crippen LogP contribution in [0, 0.1) is 55.7 Å². The van der Waals surface area contributed by atoms with Crippen LogP contribution in [0.4, 0.5) is 0 Å². The second kappa shape index (κ2) is 9.84. The summed E-state index contributed by atoms with van der Waals surface area (Å²) < 4.78 is 6.90. The van der Waals surface area contributed by atoms with E-state index in [0.29, 0.717) is 12.3 Å². The van der Waals surface area contributed by atoms with Gasteiger partial charge in [0.1, 0.15) is 0 Å². The van der Waals surface area contributed by atoms with Crippen LogP contribution < -0.4 is 0 Å². The van der Waals surface area contributed by atoms with Gasteiger partial charge in [-0.2, -0.15) is 0 Å². The molecule has 13 atom stereocenters. The number of hydrogen-bond acceptors (Lipinski definition) is 4. The summed E-state index contributed by atoms with van der Waals surface area (Å²) in [6, 6.07) is 10.7. The van der Waals surface area contributed by atoms with E-state index in [1.54, 1.807) is 0 Å². The number of carboxylic acids is 1. The quantitative estimate of drug-likeness (QED) is 0.303. The number of fused-ring (bicyclic) bond motifs is 3. The van der Waals surface area contributed by atoms with E-state index in [1.807, 2.05) is 6.92 Å². The summed E-state index contributed by atoms with van der Waals surface area (Å²) in [7, 11) is 0. The maximum atomic E-state index is 12.7. The Morgan fingerprint density at radius 2 is 1.63 bits per heavy atom. The molecular formula is C41H60O5. The molecule has 5 heteroatoms. The van der Waals surface area contributed by atoms with E-state index in [9.17, 15) is 20.1 Å². The predicted octanol–water partition coefficient (Wildman–Crippen LogP) is 8.55. The van der Waals surface area contributed by atoms with Crippen molar-refractivity contribution < 1.29 is 24.9 Å². The molecule has 1 aromatic carbocycles. The highest BCUT2D eigenvalue weighted by atomic mass is 16.6. The Kier molecular flexibility index (Phi) is 6.81. The maximum Gasteiger partial charge on any atom is 0.309 e. The van der Waals surface area contributed by atoms with Crippen LogP contribution in [0.1, 0.15) is 136 Å². The molecule has 0 radical (unpaired) electrons. The van der Waals surface area contributed by atoms with E-state index in [4.69, 9.17) is 4.74 Å². The summed E-state index contributed by atoms with van der Waals surface area (Å²) in [6.07, 6.45) is 15.4. The van der Waals surface area contributed by atoms with Gasteiger partial charge in [-0.3, -0.25) is 4.79 Å². The fourth-order valence-electron chi connectivity index (χ4n) is 15.8. The van der Waals surface area contributed by atoms with Gasteiger partial charge >= 0.3 is 5.97 Å². The summed E-state index contributed by atoms with van der Waals surface area (Å²) >= 11 is 0. The third-order valence-corrected chi connectivity index (χ3v) is 17.8. The number of ether oxygens (including phenoxy) is 1. The lowest BCUT2D eigenvalue weighted by Gasteiger charge is -2.82. The minimum Gasteiger partial charge on any atom is -0.481 e. The largest absolute Gasteiger partial charge is 0.481 e. The van der Waals surface area contributed by atoms with Gasteiger partial charge in [0.15, 0.2) is 5.79 Å². The molecule has 2 spiro atoms. The van der Waals surface area contributed by atoms with Gasteiger partial charge in [0, 0.05) is 17.8 Å². The first-order valence-corrected chi connectivity index (χ1v) is 19.1. The second-order valence-electron chi connectivity index (χ2n) is 19.0. The van der Waals surface area contributed by atoms with Gasteiger partial charge in [0.25, 0.3) is 0 Å². The van der Waals surface area contributed by atoms with Crippen LogP contribution in [0.3, 0.4) is 0 Å². The van der Waals surface area contributed by atoms with Gasteiger partial charge in [-0.25, -0.2) is 0 Å². The third kappa shape index (κ3) is 3.57. The molecule has 5 nitrogen and oxygen atoms in total. The molecule has 3 N–H and O–H groups in total. The number of aliphatic carboxylic acids is 1. The highest BCUT2D eigenvalue weighted by Crippen LogP contribution is 2.87. The first-order chi connectivity index (χ1) is 21.7. The Labute approximate surface area is 277 Å². The number of aliphatic hydroxyl groups excluding tert-OH is 1. The first kappa shape index (κ1) is 31.8. The fraction of sp³-hybridized carbons (Fsp3) is 0.829. The standard InChI is InChI=1S/C41H60O5/c1-6-11-29-40-23-22-39-15-10-14-38(30-26-35(3,33(43)44)17-16-34(30,2)18-20-37(38,39)5)21-19-36(39,4)32(40)28(42)25-41(29,45)46-31(40)24-27-12-8-7-9-13-27/h7-9,12-13,28-32,42,45H,6,10-11,14-26H2,1-5H3,(H,43,44). The van der Waals surface area contributed by atoms with Crippen LogP contribution in [0.5, 0.6) is 0 Å². The van der Waals surface area contributed by atoms with Gasteiger partial charge < -0.3 is 20.1 Å². The fourth-order valence-corrected chi connectivity index (χ4v) is 15.8. The molecule has 1 aliphatic heterocycles. The molecule has 6 saturated carbocycles. The normalized spacial score (nSPS) is 55.4. The average molecular weight is 633 g/mol. The molecule has 1 aromatic rings. The topological polar surface area (TPSA) is 87.0 Å². The molecule has 13 unspecified atom stereocenters. The molecule has 7 fully saturated rings. The summed E-state index contributed by atoms with van der Waals surface area (Å²) in [6.45, 7) is 12.0. The van der Waals surface area contributed by atoms with Crippen molar-refractivity contribution in [3.05, 3.63) is 35.9 Å². The number of carbonyl (C=O) groups is 1. The van der Waals surface area contributed by atoms with Gasteiger partial charge in [-0.15, -0.1) is 0 Å². The van der Waals surface area contributed by atoms with Crippen LogP contribution in [0.15, 0.2) is 30.3 Å². The molecule has 1 saturated heterocycles. The summed E-state index contributed by atoms with van der Waals surface area (Å²) in [4.78, 5) is 12.7. The van der Waals surface area contributed by atoms with Crippen LogP contribution in [0.2, 0.25) is 0 Å². The Morgan fingerprint density at radius 3 is 2.35 bits per heavy atom. The van der Waals surface area contributed by atoms with Crippen molar-refractivity contribution in [1.82, 2.24) is 0 Å². The van der Waals surface area contributed by atoms with Crippen molar-refractivity contribution in [2.75, 3.05) is 0 Å². The minimum atomic E-state index is -1.27. The van der Waals surface area contributed by atoms with E-state index in [0.717, 1.165) is 64.2 Å². The number of aliphatic hydroxyl groups is 2. The smallest absolute Gasteiger partial charge is 0.309 e. The van der Waals surface area contributed by atoms with Crippen LogP contribution >= 0.6 is 0 Å². The maximum absolute atomic E-state index is 12.7. The molecule has 4 bridgehead atoms. The molecule has 0 aromatic heterocycles. The van der Waals surface area contributed by atoms with Gasteiger partial charge in [-0.1, -0.05) is 70.9 Å². The zero-order chi connectivity index (χ0) is 32.6. The molecule has 6 aliphatic carbocycles. The molecule has 0 amide bonds. The van der Waals surface area contributed by atoms with E-state index < -0.39 is 23.3 Å². The molecule has 8 rings (SSSR count). The van der Waals surface area contributed by atoms with Crippen molar-refractivity contribution in [2.45, 2.75) is 155 Å². The van der Waals surface area contributed by atoms with Crippen molar-refractivity contribution in [1.29, 1.82) is 0 Å². The summed E-state index contributed by atoms with van der Waals surface area (Å²) in [5, 5.41) is 35.2. The third-order valence-electron chi connectivity index (χ3n) is 17.8. The molecule has 1 heterocycles. The number of rotatable bonds is 5. The van der Waals surface area contributed by atoms with Gasteiger partial charge in [-0.05, 0) is 135 Å². The SMILES string of the molecule is CCCC1C2(O)CC(O)C3C1(CCC14CCCC5(CCC31C)C1CC(C)(C(=O)O)CCC1(C)CCC54C)C(Cc1ccccc1)O2. The number of benzene rings is 1. The molecule has 46 heavy (non-hydrogen) atoms. The van der Waals surface area contributed by atoms with Crippen molar-refractivity contribution in [3.8, 4) is 0 Å². The summed E-state index contributed by atoms with van der Waals surface area (Å²) in [5.41, 5.74) is 0.849. The van der Waals surface area contributed by atoms with E-state index >= 15 is 0 Å². The van der Waals surface area contributed by atoms with E-state index in [-0.39, 0.29) is 50.4 Å². The average Bonchev–Trinajstić information content (AvgIpc) is 3.15. The Morgan fingerprint density at radius 1 is 0.891 bits per heavy atom. The van der Waals surface area contributed by atoms with Crippen molar-refractivity contribution >= 4 is 5.97 Å². The van der Waals surface area contributed by atoms with Crippen LogP contribution in [0.25, 0.3) is 0 Å². The Balaban J connectivity index is 1.26. The lowest BCUT2D eigenvalue weighted by molar-refractivity contribution is -0.346. The van der Waals surface area contributed by atoms with Crippen molar-refractivity contribution in [3.63, 3.8) is 0 Å². The Hall–Kier alpha value is -1.43. The minimum absolute atomic E-state index is 0.0358.